The summed E-state index contributed by atoms with van der Waals surface area (Å²) in [6.07, 6.45) is 2.11. The van der Waals surface area contributed by atoms with E-state index in [2.05, 4.69) is 13.8 Å². The van der Waals surface area contributed by atoms with Crippen molar-refractivity contribution in [2.75, 3.05) is 0 Å². The molecule has 0 unspecified atom stereocenters. The topological polar surface area (TPSA) is 38.7 Å². The highest BCUT2D eigenvalue weighted by Crippen LogP contribution is 2.56. The van der Waals surface area contributed by atoms with Crippen molar-refractivity contribution in [3.05, 3.63) is 30.3 Å². The zero-order valence-electron chi connectivity index (χ0n) is 11.8. The van der Waals surface area contributed by atoms with Gasteiger partial charge in [-0.1, -0.05) is 18.2 Å². The van der Waals surface area contributed by atoms with Gasteiger partial charge in [-0.3, -0.25) is 0 Å². The van der Waals surface area contributed by atoms with Crippen molar-refractivity contribution in [3.8, 4) is 5.75 Å². The zero-order valence-corrected chi connectivity index (χ0v) is 11.8. The lowest BCUT2D eigenvalue weighted by atomic mass is 9.73. The highest BCUT2D eigenvalue weighted by atomic mass is 16.6. The van der Waals surface area contributed by atoms with Gasteiger partial charge in [-0.15, -0.1) is 0 Å². The Morgan fingerprint density at radius 1 is 1.26 bits per heavy atom. The number of aliphatic hydroxyl groups is 1. The molecular weight excluding hydrogens is 240 g/mol. The monoisotopic (exact) mass is 262 g/mol. The largest absolute Gasteiger partial charge is 0.485 e. The number of hydrogen-bond donors (Lipinski definition) is 1. The minimum Gasteiger partial charge on any atom is -0.485 e. The molecule has 3 nitrogen and oxygen atoms in total. The molecule has 2 saturated heterocycles. The van der Waals surface area contributed by atoms with E-state index in [9.17, 15) is 5.11 Å². The minimum atomic E-state index is -0.455. The van der Waals surface area contributed by atoms with Gasteiger partial charge >= 0.3 is 0 Å². The van der Waals surface area contributed by atoms with E-state index >= 15 is 0 Å². The van der Waals surface area contributed by atoms with Gasteiger partial charge in [0, 0.05) is 6.42 Å². The van der Waals surface area contributed by atoms with Crippen molar-refractivity contribution < 1.29 is 14.6 Å². The molecular formula is C16H22O3. The summed E-state index contributed by atoms with van der Waals surface area (Å²) in [5.74, 6) is 0.848. The van der Waals surface area contributed by atoms with Crippen LogP contribution in [0.5, 0.6) is 5.75 Å². The van der Waals surface area contributed by atoms with Crippen LogP contribution in [-0.4, -0.2) is 28.0 Å². The van der Waals surface area contributed by atoms with Gasteiger partial charge in [0.15, 0.2) is 0 Å². The third kappa shape index (κ3) is 1.87. The second kappa shape index (κ2) is 3.97. The Hall–Kier alpha value is -1.06. The maximum atomic E-state index is 10.2. The summed E-state index contributed by atoms with van der Waals surface area (Å²) in [4.78, 5) is 0. The Bertz CT molecular complexity index is 470. The molecule has 0 amide bonds. The van der Waals surface area contributed by atoms with Crippen LogP contribution >= 0.6 is 0 Å². The minimum absolute atomic E-state index is 0.378. The van der Waals surface area contributed by atoms with Gasteiger partial charge in [0.2, 0.25) is 0 Å². The Labute approximate surface area is 114 Å². The Balaban J connectivity index is 1.85. The third-order valence-electron chi connectivity index (χ3n) is 4.90. The van der Waals surface area contributed by atoms with Crippen LogP contribution < -0.4 is 4.74 Å². The van der Waals surface area contributed by atoms with Gasteiger partial charge in [-0.25, -0.2) is 0 Å². The standard InChI is InChI=1S/C16H22O3/c1-14(2,18-12-7-5-4-6-8-12)16-10-9-15(3,19-16)13(17)11-16/h4-8,13,17H,9-11H2,1-3H3/t13-,15+,16-/m0/s1. The molecule has 1 N–H and O–H groups in total. The first-order valence-corrected chi connectivity index (χ1v) is 6.99. The molecule has 3 atom stereocenters. The summed E-state index contributed by atoms with van der Waals surface area (Å²) >= 11 is 0. The molecule has 0 saturated carbocycles. The Morgan fingerprint density at radius 2 is 1.95 bits per heavy atom. The lowest BCUT2D eigenvalue weighted by Gasteiger charge is -2.41. The summed E-state index contributed by atoms with van der Waals surface area (Å²) in [5, 5.41) is 10.2. The average Bonchev–Trinajstić information content (AvgIpc) is 2.82. The van der Waals surface area contributed by atoms with Crippen LogP contribution in [0.25, 0.3) is 0 Å². The normalized spacial score (nSPS) is 37.6. The fourth-order valence-corrected chi connectivity index (χ4v) is 3.45. The van der Waals surface area contributed by atoms with E-state index in [1.807, 2.05) is 37.3 Å². The lowest BCUT2D eigenvalue weighted by molar-refractivity contribution is -0.140. The van der Waals surface area contributed by atoms with E-state index in [1.165, 1.54) is 0 Å². The number of ether oxygens (including phenoxy) is 2. The Morgan fingerprint density at radius 3 is 2.47 bits per heavy atom. The van der Waals surface area contributed by atoms with Crippen LogP contribution in [0, 0.1) is 0 Å². The molecule has 0 spiro atoms. The number of fused-ring (bicyclic) bond motifs is 2. The molecule has 0 aliphatic carbocycles. The molecule has 1 aromatic rings. The molecule has 2 aliphatic rings. The van der Waals surface area contributed by atoms with E-state index in [4.69, 9.17) is 9.47 Å². The van der Waals surface area contributed by atoms with Crippen LogP contribution in [0.2, 0.25) is 0 Å². The van der Waals surface area contributed by atoms with E-state index < -0.39 is 11.2 Å². The first-order chi connectivity index (χ1) is 8.87. The second-order valence-electron chi connectivity index (χ2n) is 6.55. The molecule has 2 heterocycles. The van der Waals surface area contributed by atoms with Crippen LogP contribution in [-0.2, 0) is 4.74 Å². The number of para-hydroxylation sites is 1. The smallest absolute Gasteiger partial charge is 0.132 e. The van der Waals surface area contributed by atoms with Crippen molar-refractivity contribution in [1.82, 2.24) is 0 Å². The summed E-state index contributed by atoms with van der Waals surface area (Å²) in [5.41, 5.74) is -1.22. The summed E-state index contributed by atoms with van der Waals surface area (Å²) in [7, 11) is 0. The fourth-order valence-electron chi connectivity index (χ4n) is 3.45. The molecule has 3 heteroatoms. The summed E-state index contributed by atoms with van der Waals surface area (Å²) in [6, 6.07) is 9.81. The molecule has 3 rings (SSSR count). The van der Waals surface area contributed by atoms with Gasteiger partial charge in [-0.2, -0.15) is 0 Å². The highest BCUT2D eigenvalue weighted by molar-refractivity contribution is 5.24. The number of rotatable bonds is 3. The predicted octanol–water partition coefficient (Wildman–Crippen LogP) is 2.92. The van der Waals surface area contributed by atoms with E-state index in [0.29, 0.717) is 6.42 Å². The fraction of sp³-hybridized carbons (Fsp3) is 0.625. The molecule has 19 heavy (non-hydrogen) atoms. The van der Waals surface area contributed by atoms with Gasteiger partial charge < -0.3 is 14.6 Å². The Kier molecular flexibility index (Phi) is 2.70. The van der Waals surface area contributed by atoms with Crippen molar-refractivity contribution >= 4 is 0 Å². The van der Waals surface area contributed by atoms with Gasteiger partial charge in [-0.05, 0) is 45.7 Å². The van der Waals surface area contributed by atoms with E-state index in [0.717, 1.165) is 18.6 Å². The molecule has 2 bridgehead atoms. The molecule has 2 aliphatic heterocycles. The van der Waals surface area contributed by atoms with Crippen LogP contribution in [0.4, 0.5) is 0 Å². The third-order valence-corrected chi connectivity index (χ3v) is 4.90. The number of hydrogen-bond acceptors (Lipinski definition) is 3. The first-order valence-electron chi connectivity index (χ1n) is 6.99. The van der Waals surface area contributed by atoms with Crippen LogP contribution in [0.15, 0.2) is 30.3 Å². The molecule has 1 aromatic carbocycles. The van der Waals surface area contributed by atoms with Crippen molar-refractivity contribution in [3.63, 3.8) is 0 Å². The second-order valence-corrected chi connectivity index (χ2v) is 6.55. The SMILES string of the molecule is CC(C)(Oc1ccccc1)[C@@]12CC[C@@](C)(O1)[C@@H](O)C2. The van der Waals surface area contributed by atoms with Gasteiger partial charge in [0.05, 0.1) is 11.7 Å². The number of aliphatic hydroxyl groups excluding tert-OH is 1. The average molecular weight is 262 g/mol. The lowest BCUT2D eigenvalue weighted by Crippen LogP contribution is -2.53. The quantitative estimate of drug-likeness (QED) is 0.910. The van der Waals surface area contributed by atoms with Gasteiger partial charge in [0.25, 0.3) is 0 Å². The maximum absolute atomic E-state index is 10.2. The molecule has 0 aromatic heterocycles. The maximum Gasteiger partial charge on any atom is 0.132 e. The highest BCUT2D eigenvalue weighted by Gasteiger charge is 2.65. The van der Waals surface area contributed by atoms with E-state index in [1.54, 1.807) is 0 Å². The molecule has 104 valence electrons. The summed E-state index contributed by atoms with van der Waals surface area (Å²) < 4.78 is 12.4. The zero-order chi connectivity index (χ0) is 13.7. The van der Waals surface area contributed by atoms with Crippen molar-refractivity contribution in [2.45, 2.75) is 62.9 Å². The molecule has 0 radical (unpaired) electrons. The van der Waals surface area contributed by atoms with Gasteiger partial charge in [0.1, 0.15) is 17.0 Å². The van der Waals surface area contributed by atoms with Crippen molar-refractivity contribution in [1.29, 1.82) is 0 Å². The molecule has 2 fully saturated rings. The van der Waals surface area contributed by atoms with Crippen LogP contribution in [0.3, 0.4) is 0 Å². The first kappa shape index (κ1) is 12.9. The van der Waals surface area contributed by atoms with Crippen molar-refractivity contribution in [2.24, 2.45) is 0 Å². The van der Waals surface area contributed by atoms with E-state index in [-0.39, 0.29) is 11.7 Å². The predicted molar refractivity (Wildman–Crippen MR) is 73.2 cm³/mol. The summed E-state index contributed by atoms with van der Waals surface area (Å²) in [6.45, 7) is 6.12. The number of benzene rings is 1. The van der Waals surface area contributed by atoms with Crippen LogP contribution in [0.1, 0.15) is 40.0 Å².